The van der Waals surface area contributed by atoms with E-state index in [0.717, 1.165) is 5.56 Å². The van der Waals surface area contributed by atoms with E-state index in [0.29, 0.717) is 12.1 Å². The molecule has 19 heavy (non-hydrogen) atoms. The summed E-state index contributed by atoms with van der Waals surface area (Å²) >= 11 is 0. The van der Waals surface area contributed by atoms with Crippen LogP contribution in [-0.2, 0) is 11.3 Å². The zero-order chi connectivity index (χ0) is 13.8. The SMILES string of the molecule is COC(=O)c1ccc(Cn2cnc(C(=O)O)c2)cc1. The van der Waals surface area contributed by atoms with Gasteiger partial charge in [-0.3, -0.25) is 0 Å². The number of carbonyl (C=O) groups excluding carboxylic acids is 1. The molecule has 6 heteroatoms. The standard InChI is InChI=1S/C13H12N2O4/c1-19-13(18)10-4-2-9(3-5-10)6-15-7-11(12(16)17)14-8-15/h2-5,7-8H,6H2,1H3,(H,16,17). The van der Waals surface area contributed by atoms with Crippen LogP contribution >= 0.6 is 0 Å². The van der Waals surface area contributed by atoms with E-state index in [2.05, 4.69) is 9.72 Å². The van der Waals surface area contributed by atoms with Crippen molar-refractivity contribution in [3.63, 3.8) is 0 Å². The zero-order valence-electron chi connectivity index (χ0n) is 10.2. The number of benzene rings is 1. The van der Waals surface area contributed by atoms with Gasteiger partial charge in [0.1, 0.15) is 0 Å². The fraction of sp³-hybridized carbons (Fsp3) is 0.154. The molecule has 0 fully saturated rings. The van der Waals surface area contributed by atoms with E-state index in [9.17, 15) is 9.59 Å². The predicted octanol–water partition coefficient (Wildman–Crippen LogP) is 1.42. The van der Waals surface area contributed by atoms with Crippen molar-refractivity contribution < 1.29 is 19.4 Å². The second-order valence-electron chi connectivity index (χ2n) is 3.92. The highest BCUT2D eigenvalue weighted by atomic mass is 16.5. The first-order valence-electron chi connectivity index (χ1n) is 5.52. The first-order chi connectivity index (χ1) is 9.10. The van der Waals surface area contributed by atoms with Gasteiger partial charge >= 0.3 is 11.9 Å². The summed E-state index contributed by atoms with van der Waals surface area (Å²) in [5.74, 6) is -1.44. The molecule has 0 aliphatic heterocycles. The van der Waals surface area contributed by atoms with E-state index < -0.39 is 5.97 Å². The molecule has 0 bridgehead atoms. The Morgan fingerprint density at radius 2 is 2.00 bits per heavy atom. The van der Waals surface area contributed by atoms with E-state index in [1.807, 2.05) is 0 Å². The molecule has 0 saturated heterocycles. The predicted molar refractivity (Wildman–Crippen MR) is 66.1 cm³/mol. The molecule has 0 aliphatic rings. The van der Waals surface area contributed by atoms with Crippen molar-refractivity contribution in [2.75, 3.05) is 7.11 Å². The average molecular weight is 260 g/mol. The van der Waals surface area contributed by atoms with Gasteiger partial charge in [0, 0.05) is 12.7 Å². The molecular weight excluding hydrogens is 248 g/mol. The molecule has 0 aliphatic carbocycles. The van der Waals surface area contributed by atoms with Gasteiger partial charge in [-0.1, -0.05) is 12.1 Å². The number of hydrogen-bond acceptors (Lipinski definition) is 4. The van der Waals surface area contributed by atoms with Crippen LogP contribution in [0.3, 0.4) is 0 Å². The highest BCUT2D eigenvalue weighted by Crippen LogP contribution is 2.08. The van der Waals surface area contributed by atoms with Crippen LogP contribution in [0.4, 0.5) is 0 Å². The molecule has 98 valence electrons. The molecule has 0 spiro atoms. The van der Waals surface area contributed by atoms with Crippen molar-refractivity contribution in [1.29, 1.82) is 0 Å². The van der Waals surface area contributed by atoms with Crippen molar-refractivity contribution in [2.24, 2.45) is 0 Å². The summed E-state index contributed by atoms with van der Waals surface area (Å²) in [6.45, 7) is 0.488. The highest BCUT2D eigenvalue weighted by molar-refractivity contribution is 5.89. The maximum absolute atomic E-state index is 11.3. The fourth-order valence-corrected chi connectivity index (χ4v) is 1.63. The normalized spacial score (nSPS) is 10.2. The lowest BCUT2D eigenvalue weighted by molar-refractivity contribution is 0.0599. The van der Waals surface area contributed by atoms with E-state index >= 15 is 0 Å². The van der Waals surface area contributed by atoms with Gasteiger partial charge in [0.25, 0.3) is 0 Å². The van der Waals surface area contributed by atoms with Gasteiger partial charge in [-0.05, 0) is 17.7 Å². The number of carbonyl (C=O) groups is 2. The van der Waals surface area contributed by atoms with Crippen LogP contribution in [0, 0.1) is 0 Å². The van der Waals surface area contributed by atoms with Crippen molar-refractivity contribution in [3.05, 3.63) is 53.6 Å². The van der Waals surface area contributed by atoms with Crippen LogP contribution in [0.5, 0.6) is 0 Å². The second kappa shape index (κ2) is 5.34. The number of carboxylic acids is 1. The Morgan fingerprint density at radius 3 is 2.53 bits per heavy atom. The smallest absolute Gasteiger partial charge is 0.356 e. The Kier molecular flexibility index (Phi) is 3.61. The number of carboxylic acid groups (broad SMARTS) is 1. The Bertz CT molecular complexity index is 601. The molecule has 0 atom stereocenters. The zero-order valence-corrected chi connectivity index (χ0v) is 10.2. The van der Waals surface area contributed by atoms with Crippen molar-refractivity contribution in [1.82, 2.24) is 9.55 Å². The molecule has 1 N–H and O–H groups in total. The minimum Gasteiger partial charge on any atom is -0.476 e. The molecule has 2 aromatic rings. The van der Waals surface area contributed by atoms with Crippen LogP contribution in [0.2, 0.25) is 0 Å². The minimum absolute atomic E-state index is 0.00572. The molecule has 1 aromatic heterocycles. The van der Waals surface area contributed by atoms with Gasteiger partial charge in [-0.15, -0.1) is 0 Å². The van der Waals surface area contributed by atoms with Crippen molar-refractivity contribution in [2.45, 2.75) is 6.54 Å². The number of rotatable bonds is 4. The largest absolute Gasteiger partial charge is 0.476 e. The molecule has 1 heterocycles. The molecular formula is C13H12N2O4. The summed E-state index contributed by atoms with van der Waals surface area (Å²) < 4.78 is 6.27. The van der Waals surface area contributed by atoms with Gasteiger partial charge in [-0.2, -0.15) is 0 Å². The molecule has 0 saturated carbocycles. The van der Waals surface area contributed by atoms with Crippen LogP contribution < -0.4 is 0 Å². The molecule has 0 unspecified atom stereocenters. The third-order valence-corrected chi connectivity index (χ3v) is 2.59. The van der Waals surface area contributed by atoms with Gasteiger partial charge in [0.2, 0.25) is 0 Å². The third-order valence-electron chi connectivity index (χ3n) is 2.59. The number of aromatic carboxylic acids is 1. The number of hydrogen-bond donors (Lipinski definition) is 1. The van der Waals surface area contributed by atoms with Gasteiger partial charge in [0.05, 0.1) is 19.0 Å². The Balaban J connectivity index is 2.10. The van der Waals surface area contributed by atoms with E-state index in [-0.39, 0.29) is 11.7 Å². The molecule has 0 radical (unpaired) electrons. The first kappa shape index (κ1) is 12.8. The fourth-order valence-electron chi connectivity index (χ4n) is 1.63. The summed E-state index contributed by atoms with van der Waals surface area (Å²) in [5, 5.41) is 8.76. The van der Waals surface area contributed by atoms with Crippen LogP contribution in [0.15, 0.2) is 36.8 Å². The van der Waals surface area contributed by atoms with Crippen molar-refractivity contribution >= 4 is 11.9 Å². The number of imidazole rings is 1. The maximum Gasteiger partial charge on any atom is 0.356 e. The summed E-state index contributed by atoms with van der Waals surface area (Å²) in [4.78, 5) is 25.7. The molecule has 1 aromatic carbocycles. The highest BCUT2D eigenvalue weighted by Gasteiger charge is 2.07. The number of esters is 1. The topological polar surface area (TPSA) is 81.4 Å². The third kappa shape index (κ3) is 2.98. The lowest BCUT2D eigenvalue weighted by Gasteiger charge is -2.03. The molecule has 6 nitrogen and oxygen atoms in total. The van der Waals surface area contributed by atoms with Crippen molar-refractivity contribution in [3.8, 4) is 0 Å². The lowest BCUT2D eigenvalue weighted by Crippen LogP contribution is -2.02. The van der Waals surface area contributed by atoms with Gasteiger partial charge in [0.15, 0.2) is 5.69 Å². The van der Waals surface area contributed by atoms with Gasteiger partial charge < -0.3 is 14.4 Å². The monoisotopic (exact) mass is 260 g/mol. The number of nitrogens with zero attached hydrogens (tertiary/aromatic N) is 2. The average Bonchev–Trinajstić information content (AvgIpc) is 2.87. The number of ether oxygens (including phenoxy) is 1. The Hall–Kier alpha value is -2.63. The lowest BCUT2D eigenvalue weighted by atomic mass is 10.1. The first-order valence-corrected chi connectivity index (χ1v) is 5.52. The summed E-state index contributed by atoms with van der Waals surface area (Å²) in [6.07, 6.45) is 2.91. The number of methoxy groups -OCH3 is 1. The van der Waals surface area contributed by atoms with Crippen LogP contribution in [-0.4, -0.2) is 33.7 Å². The summed E-state index contributed by atoms with van der Waals surface area (Å²) in [5.41, 5.74) is 1.41. The van der Waals surface area contributed by atoms with Crippen LogP contribution in [0.1, 0.15) is 26.4 Å². The minimum atomic E-state index is -1.06. The quantitative estimate of drug-likeness (QED) is 0.841. The maximum atomic E-state index is 11.3. The van der Waals surface area contributed by atoms with E-state index in [4.69, 9.17) is 5.11 Å². The van der Waals surface area contributed by atoms with Crippen LogP contribution in [0.25, 0.3) is 0 Å². The molecule has 0 amide bonds. The molecule has 2 rings (SSSR count). The summed E-state index contributed by atoms with van der Waals surface area (Å²) in [6, 6.07) is 6.89. The number of aromatic nitrogens is 2. The Labute approximate surface area is 109 Å². The second-order valence-corrected chi connectivity index (χ2v) is 3.92. The summed E-state index contributed by atoms with van der Waals surface area (Å²) in [7, 11) is 1.33. The van der Waals surface area contributed by atoms with Gasteiger partial charge in [-0.25, -0.2) is 14.6 Å². The van der Waals surface area contributed by atoms with E-state index in [1.165, 1.54) is 19.6 Å². The Morgan fingerprint density at radius 1 is 1.32 bits per heavy atom. The van der Waals surface area contributed by atoms with E-state index in [1.54, 1.807) is 28.8 Å².